The lowest BCUT2D eigenvalue weighted by molar-refractivity contribution is -0.137. The van der Waals surface area contributed by atoms with E-state index in [4.69, 9.17) is 21.0 Å². The predicted molar refractivity (Wildman–Crippen MR) is 78.6 cm³/mol. The quantitative estimate of drug-likeness (QED) is 0.686. The van der Waals surface area contributed by atoms with Crippen LogP contribution < -0.4 is 11.5 Å². The summed E-state index contributed by atoms with van der Waals surface area (Å²) in [6.07, 6.45) is -0.181. The number of furan rings is 1. The molecule has 0 aliphatic heterocycles. The van der Waals surface area contributed by atoms with Gasteiger partial charge in [-0.3, -0.25) is 14.4 Å². The summed E-state index contributed by atoms with van der Waals surface area (Å²) >= 11 is 0. The monoisotopic (exact) mass is 304 g/mol. The molecule has 1 unspecified atom stereocenters. The number of aliphatic carboxylic acids is 1. The Labute approximate surface area is 125 Å². The number of nitrogens with two attached hydrogens (primary N) is 2. The van der Waals surface area contributed by atoms with Crippen LogP contribution in [0.15, 0.2) is 22.6 Å². The van der Waals surface area contributed by atoms with Gasteiger partial charge in [-0.15, -0.1) is 0 Å². The average molecular weight is 304 g/mol. The summed E-state index contributed by atoms with van der Waals surface area (Å²) in [4.78, 5) is 34.2. The SMILES string of the molecule is Cc1ccc(C(=O)C(N)CCC(=O)O)c2oc(C(N)=O)cc12. The van der Waals surface area contributed by atoms with E-state index in [1.54, 1.807) is 19.1 Å². The molecule has 2 rings (SSSR count). The number of aryl methyl sites for hydroxylation is 1. The van der Waals surface area contributed by atoms with E-state index in [1.165, 1.54) is 6.07 Å². The summed E-state index contributed by atoms with van der Waals surface area (Å²) in [5, 5.41) is 9.25. The van der Waals surface area contributed by atoms with Crippen LogP contribution in [0.1, 0.15) is 39.3 Å². The lowest BCUT2D eigenvalue weighted by Gasteiger charge is -2.10. The van der Waals surface area contributed by atoms with Gasteiger partial charge in [0, 0.05) is 11.8 Å². The van der Waals surface area contributed by atoms with Crippen LogP contribution in [0, 0.1) is 6.92 Å². The van der Waals surface area contributed by atoms with Crippen LogP contribution in [0.5, 0.6) is 0 Å². The highest BCUT2D eigenvalue weighted by Crippen LogP contribution is 2.27. The second kappa shape index (κ2) is 5.98. The molecule has 0 saturated heterocycles. The summed E-state index contributed by atoms with van der Waals surface area (Å²) in [5.41, 5.74) is 12.2. The van der Waals surface area contributed by atoms with Gasteiger partial charge in [0.1, 0.15) is 5.58 Å². The number of hydrogen-bond donors (Lipinski definition) is 3. The molecule has 1 amide bonds. The van der Waals surface area contributed by atoms with Crippen molar-refractivity contribution in [3.05, 3.63) is 35.1 Å². The number of Topliss-reactive ketones (excluding diaryl/α,β-unsaturated/α-hetero) is 1. The molecule has 116 valence electrons. The first-order chi connectivity index (χ1) is 10.3. The van der Waals surface area contributed by atoms with Crippen molar-refractivity contribution in [2.45, 2.75) is 25.8 Å². The van der Waals surface area contributed by atoms with E-state index < -0.39 is 23.7 Å². The lowest BCUT2D eigenvalue weighted by Crippen LogP contribution is -2.31. The molecular weight excluding hydrogens is 288 g/mol. The van der Waals surface area contributed by atoms with E-state index in [1.807, 2.05) is 0 Å². The molecule has 1 atom stereocenters. The fourth-order valence-corrected chi connectivity index (χ4v) is 2.18. The number of carbonyl (C=O) groups is 3. The number of carboxylic acids is 1. The van der Waals surface area contributed by atoms with Crippen molar-refractivity contribution in [1.82, 2.24) is 0 Å². The van der Waals surface area contributed by atoms with Crippen LogP contribution >= 0.6 is 0 Å². The molecule has 2 aromatic rings. The Hall–Kier alpha value is -2.67. The zero-order valence-electron chi connectivity index (χ0n) is 12.0. The molecule has 0 radical (unpaired) electrons. The van der Waals surface area contributed by atoms with E-state index in [-0.39, 0.29) is 29.7 Å². The molecule has 0 fully saturated rings. The highest BCUT2D eigenvalue weighted by Gasteiger charge is 2.22. The number of carboxylic acid groups (broad SMARTS) is 1. The van der Waals surface area contributed by atoms with Gasteiger partial charge in [0.2, 0.25) is 0 Å². The molecule has 7 nitrogen and oxygen atoms in total. The van der Waals surface area contributed by atoms with Gasteiger partial charge >= 0.3 is 5.97 Å². The molecular formula is C15H16N2O5. The number of ketones is 1. The van der Waals surface area contributed by atoms with E-state index in [9.17, 15) is 14.4 Å². The van der Waals surface area contributed by atoms with E-state index in [0.717, 1.165) is 5.56 Å². The zero-order valence-corrected chi connectivity index (χ0v) is 12.0. The van der Waals surface area contributed by atoms with Gasteiger partial charge in [0.25, 0.3) is 5.91 Å². The Morgan fingerprint density at radius 1 is 1.32 bits per heavy atom. The highest BCUT2D eigenvalue weighted by molar-refractivity contribution is 6.10. The third kappa shape index (κ3) is 2.99. The van der Waals surface area contributed by atoms with Gasteiger partial charge in [-0.2, -0.15) is 0 Å². The minimum atomic E-state index is -1.02. The van der Waals surface area contributed by atoms with Gasteiger partial charge in [0.15, 0.2) is 11.5 Å². The first kappa shape index (κ1) is 15.7. The maximum atomic E-state index is 12.4. The van der Waals surface area contributed by atoms with Crippen molar-refractivity contribution in [2.75, 3.05) is 0 Å². The second-order valence-corrected chi connectivity index (χ2v) is 5.05. The Balaban J connectivity index is 2.42. The van der Waals surface area contributed by atoms with Gasteiger partial charge < -0.3 is 21.0 Å². The van der Waals surface area contributed by atoms with Crippen LogP contribution in [0.25, 0.3) is 11.0 Å². The Bertz CT molecular complexity index is 763. The van der Waals surface area contributed by atoms with Crippen LogP contribution in [-0.4, -0.2) is 28.8 Å². The number of carbonyl (C=O) groups excluding carboxylic acids is 2. The van der Waals surface area contributed by atoms with Gasteiger partial charge in [-0.1, -0.05) is 6.07 Å². The number of amides is 1. The van der Waals surface area contributed by atoms with E-state index >= 15 is 0 Å². The zero-order chi connectivity index (χ0) is 16.4. The van der Waals surface area contributed by atoms with Crippen LogP contribution in [0.2, 0.25) is 0 Å². The minimum absolute atomic E-state index is 0.0208. The molecule has 5 N–H and O–H groups in total. The first-order valence-electron chi connectivity index (χ1n) is 6.65. The number of benzene rings is 1. The highest BCUT2D eigenvalue weighted by atomic mass is 16.4. The molecule has 7 heteroatoms. The Morgan fingerprint density at radius 3 is 2.59 bits per heavy atom. The molecule has 0 aliphatic rings. The smallest absolute Gasteiger partial charge is 0.303 e. The summed E-state index contributed by atoms with van der Waals surface area (Å²) in [6, 6.07) is 3.78. The third-order valence-corrected chi connectivity index (χ3v) is 3.42. The minimum Gasteiger partial charge on any atom is -0.481 e. The summed E-state index contributed by atoms with van der Waals surface area (Å²) in [7, 11) is 0. The molecule has 0 spiro atoms. The number of hydrogen-bond acceptors (Lipinski definition) is 5. The molecule has 1 heterocycles. The van der Waals surface area contributed by atoms with E-state index in [0.29, 0.717) is 5.39 Å². The van der Waals surface area contributed by atoms with Crippen molar-refractivity contribution in [3.63, 3.8) is 0 Å². The molecule has 22 heavy (non-hydrogen) atoms. The standard InChI is InChI=1S/C15H16N2O5/c1-7-2-3-8(13(20)10(16)4-5-12(18)19)14-9(7)6-11(22-14)15(17)21/h2-3,6,10H,4-5,16H2,1H3,(H2,17,21)(H,18,19). The van der Waals surface area contributed by atoms with Crippen molar-refractivity contribution < 1.29 is 23.9 Å². The van der Waals surface area contributed by atoms with Crippen molar-refractivity contribution in [3.8, 4) is 0 Å². The molecule has 0 saturated carbocycles. The lowest BCUT2D eigenvalue weighted by atomic mass is 9.98. The topological polar surface area (TPSA) is 137 Å². The Kier molecular flexibility index (Phi) is 4.27. The summed E-state index contributed by atoms with van der Waals surface area (Å²) in [6.45, 7) is 1.81. The normalized spacial score (nSPS) is 12.3. The predicted octanol–water partition coefficient (Wildman–Crippen LogP) is 1.21. The average Bonchev–Trinajstić information content (AvgIpc) is 2.90. The number of rotatable bonds is 6. The largest absolute Gasteiger partial charge is 0.481 e. The summed E-state index contributed by atoms with van der Waals surface area (Å²) < 4.78 is 5.37. The third-order valence-electron chi connectivity index (χ3n) is 3.42. The molecule has 0 bridgehead atoms. The van der Waals surface area contributed by atoms with Gasteiger partial charge in [-0.05, 0) is 31.0 Å². The fraction of sp³-hybridized carbons (Fsp3) is 0.267. The number of fused-ring (bicyclic) bond motifs is 1. The Morgan fingerprint density at radius 2 is 2.00 bits per heavy atom. The maximum Gasteiger partial charge on any atom is 0.303 e. The fourth-order valence-electron chi connectivity index (χ4n) is 2.18. The van der Waals surface area contributed by atoms with Crippen LogP contribution in [0.4, 0.5) is 0 Å². The molecule has 1 aromatic heterocycles. The maximum absolute atomic E-state index is 12.4. The van der Waals surface area contributed by atoms with E-state index in [2.05, 4.69) is 0 Å². The first-order valence-corrected chi connectivity index (χ1v) is 6.65. The number of primary amides is 1. The second-order valence-electron chi connectivity index (χ2n) is 5.05. The van der Waals surface area contributed by atoms with Crippen molar-refractivity contribution >= 4 is 28.6 Å². The summed E-state index contributed by atoms with van der Waals surface area (Å²) in [5.74, 6) is -2.23. The van der Waals surface area contributed by atoms with Crippen molar-refractivity contribution in [2.24, 2.45) is 11.5 Å². The van der Waals surface area contributed by atoms with Crippen LogP contribution in [-0.2, 0) is 4.79 Å². The van der Waals surface area contributed by atoms with Gasteiger partial charge in [0.05, 0.1) is 11.6 Å². The van der Waals surface area contributed by atoms with Gasteiger partial charge in [-0.25, -0.2) is 0 Å². The molecule has 0 aliphatic carbocycles. The van der Waals surface area contributed by atoms with Crippen LogP contribution in [0.3, 0.4) is 0 Å². The molecule has 1 aromatic carbocycles. The van der Waals surface area contributed by atoms with Crippen molar-refractivity contribution in [1.29, 1.82) is 0 Å².